The van der Waals surface area contributed by atoms with Gasteiger partial charge in [0.15, 0.2) is 5.65 Å². The maximum atomic E-state index is 8.72. The minimum absolute atomic E-state index is 0.194. The Morgan fingerprint density at radius 2 is 2.26 bits per heavy atom. The normalized spacial score (nSPS) is 11.6. The maximum absolute atomic E-state index is 8.72. The Hall–Kier alpha value is -1.17. The number of hydrogen-bond donors (Lipinski definition) is 2. The third-order valence-electron chi connectivity index (χ3n) is 2.91. The average molecular weight is 283 g/mol. The zero-order chi connectivity index (χ0) is 13.8. The second-order valence-corrected chi connectivity index (χ2v) is 5.15. The molecule has 2 rings (SSSR count). The fraction of sp³-hybridized carbons (Fsp3) is 0.538. The minimum Gasteiger partial charge on any atom is -0.396 e. The number of aliphatic hydroxyl groups excluding tert-OH is 1. The molecular weight excluding hydrogens is 264 g/mol. The number of aromatic nitrogens is 3. The van der Waals surface area contributed by atoms with E-state index in [0.29, 0.717) is 11.7 Å². The molecule has 2 heterocycles. The molecule has 2 N–H and O–H groups in total. The number of aliphatic hydroxyl groups is 1. The molecule has 2 aromatic rings. The fourth-order valence-corrected chi connectivity index (χ4v) is 2.13. The van der Waals surface area contributed by atoms with Crippen molar-refractivity contribution in [2.75, 3.05) is 13.2 Å². The van der Waals surface area contributed by atoms with Crippen LogP contribution in [0.1, 0.15) is 31.9 Å². The van der Waals surface area contributed by atoms with Crippen molar-refractivity contribution in [3.8, 4) is 0 Å². The Labute approximate surface area is 117 Å². The van der Waals surface area contributed by atoms with Gasteiger partial charge in [-0.2, -0.15) is 5.10 Å². The van der Waals surface area contributed by atoms with Crippen molar-refractivity contribution in [3.63, 3.8) is 0 Å². The Balaban J connectivity index is 2.20. The molecule has 2 aromatic heterocycles. The van der Waals surface area contributed by atoms with Gasteiger partial charge in [-0.05, 0) is 32.9 Å². The van der Waals surface area contributed by atoms with E-state index >= 15 is 0 Å². The van der Waals surface area contributed by atoms with Gasteiger partial charge in [-0.25, -0.2) is 9.67 Å². The third kappa shape index (κ3) is 3.23. The maximum Gasteiger partial charge on any atom is 0.159 e. The van der Waals surface area contributed by atoms with E-state index in [9.17, 15) is 0 Å². The van der Waals surface area contributed by atoms with Gasteiger partial charge in [-0.1, -0.05) is 11.6 Å². The first kappa shape index (κ1) is 14.2. The van der Waals surface area contributed by atoms with E-state index in [-0.39, 0.29) is 12.6 Å². The van der Waals surface area contributed by atoms with Gasteiger partial charge in [-0.3, -0.25) is 0 Å². The Morgan fingerprint density at radius 1 is 1.47 bits per heavy atom. The van der Waals surface area contributed by atoms with Crippen molar-refractivity contribution in [1.29, 1.82) is 0 Å². The summed E-state index contributed by atoms with van der Waals surface area (Å²) in [6.45, 7) is 5.72. The molecule has 0 amide bonds. The number of hydrogen-bond acceptors (Lipinski definition) is 4. The lowest BCUT2D eigenvalue weighted by Gasteiger charge is -2.09. The van der Waals surface area contributed by atoms with Crippen molar-refractivity contribution in [2.24, 2.45) is 0 Å². The SMILES string of the molecule is CC(C)n1ncc2cc(CNCCCO)c(Cl)nc21. The molecule has 0 atom stereocenters. The molecule has 6 heteroatoms. The number of nitrogens with zero attached hydrogens (tertiary/aromatic N) is 3. The molecule has 0 bridgehead atoms. The van der Waals surface area contributed by atoms with Gasteiger partial charge in [0.25, 0.3) is 0 Å². The number of rotatable bonds is 6. The summed E-state index contributed by atoms with van der Waals surface area (Å²) in [7, 11) is 0. The van der Waals surface area contributed by atoms with Gasteiger partial charge >= 0.3 is 0 Å². The van der Waals surface area contributed by atoms with Crippen LogP contribution in [0, 0.1) is 0 Å². The summed E-state index contributed by atoms with van der Waals surface area (Å²) in [5.41, 5.74) is 1.77. The smallest absolute Gasteiger partial charge is 0.159 e. The first-order chi connectivity index (χ1) is 9.13. The van der Waals surface area contributed by atoms with Crippen LogP contribution in [0.3, 0.4) is 0 Å². The standard InChI is InChI=1S/C13H19ClN4O/c1-9(2)18-13-11(8-16-18)6-10(12(14)17-13)7-15-4-3-5-19/h6,8-9,15,19H,3-5,7H2,1-2H3. The lowest BCUT2D eigenvalue weighted by atomic mass is 10.2. The zero-order valence-corrected chi connectivity index (χ0v) is 12.0. The molecule has 0 unspecified atom stereocenters. The van der Waals surface area contributed by atoms with Gasteiger partial charge in [-0.15, -0.1) is 0 Å². The van der Waals surface area contributed by atoms with Crippen molar-refractivity contribution in [3.05, 3.63) is 23.0 Å². The van der Waals surface area contributed by atoms with E-state index in [1.54, 1.807) is 0 Å². The molecule has 0 spiro atoms. The van der Waals surface area contributed by atoms with E-state index < -0.39 is 0 Å². The van der Waals surface area contributed by atoms with Crippen LogP contribution in [0.15, 0.2) is 12.3 Å². The van der Waals surface area contributed by atoms with Crippen molar-refractivity contribution in [2.45, 2.75) is 32.9 Å². The van der Waals surface area contributed by atoms with Crippen molar-refractivity contribution < 1.29 is 5.11 Å². The van der Waals surface area contributed by atoms with Crippen molar-refractivity contribution in [1.82, 2.24) is 20.1 Å². The van der Waals surface area contributed by atoms with Crippen LogP contribution in [0.2, 0.25) is 5.15 Å². The summed E-state index contributed by atoms with van der Waals surface area (Å²) in [4.78, 5) is 4.43. The highest BCUT2D eigenvalue weighted by atomic mass is 35.5. The molecule has 0 fully saturated rings. The van der Waals surface area contributed by atoms with Crippen LogP contribution in [0.25, 0.3) is 11.0 Å². The Bertz CT molecular complexity index is 553. The molecule has 5 nitrogen and oxygen atoms in total. The van der Waals surface area contributed by atoms with Crippen LogP contribution in [0.5, 0.6) is 0 Å². The number of pyridine rings is 1. The number of fused-ring (bicyclic) bond motifs is 1. The van der Waals surface area contributed by atoms with Gasteiger partial charge in [0, 0.05) is 30.1 Å². The minimum atomic E-state index is 0.194. The van der Waals surface area contributed by atoms with E-state index in [4.69, 9.17) is 16.7 Å². The topological polar surface area (TPSA) is 63.0 Å². The first-order valence-electron chi connectivity index (χ1n) is 6.47. The van der Waals surface area contributed by atoms with Crippen LogP contribution in [-0.2, 0) is 6.54 Å². The van der Waals surface area contributed by atoms with Gasteiger partial charge < -0.3 is 10.4 Å². The summed E-state index contributed by atoms with van der Waals surface area (Å²) in [5.74, 6) is 0. The molecule has 0 radical (unpaired) electrons. The number of nitrogens with one attached hydrogen (secondary N) is 1. The Kier molecular flexibility index (Phi) is 4.74. The zero-order valence-electron chi connectivity index (χ0n) is 11.2. The highest BCUT2D eigenvalue weighted by molar-refractivity contribution is 6.30. The predicted molar refractivity (Wildman–Crippen MR) is 76.3 cm³/mol. The summed E-state index contributed by atoms with van der Waals surface area (Å²) in [6, 6.07) is 2.28. The van der Waals surface area contributed by atoms with Crippen LogP contribution in [0.4, 0.5) is 0 Å². The molecule has 0 aliphatic rings. The van der Waals surface area contributed by atoms with Crippen LogP contribution in [-0.4, -0.2) is 33.0 Å². The molecular formula is C13H19ClN4O. The number of halogens is 1. The molecule has 0 aliphatic heterocycles. The second kappa shape index (κ2) is 6.32. The summed E-state index contributed by atoms with van der Waals surface area (Å²) < 4.78 is 1.87. The van der Waals surface area contributed by atoms with Crippen LogP contribution < -0.4 is 5.32 Å². The third-order valence-corrected chi connectivity index (χ3v) is 3.24. The molecule has 0 saturated heterocycles. The molecule has 0 aromatic carbocycles. The average Bonchev–Trinajstić information content (AvgIpc) is 2.77. The predicted octanol–water partition coefficient (Wildman–Crippen LogP) is 2.14. The largest absolute Gasteiger partial charge is 0.396 e. The molecule has 0 saturated carbocycles. The lowest BCUT2D eigenvalue weighted by molar-refractivity contribution is 0.286. The highest BCUT2D eigenvalue weighted by Gasteiger charge is 2.11. The molecule has 0 aliphatic carbocycles. The van der Waals surface area contributed by atoms with Gasteiger partial charge in [0.05, 0.1) is 6.20 Å². The fourth-order valence-electron chi connectivity index (χ4n) is 1.93. The second-order valence-electron chi connectivity index (χ2n) is 4.79. The summed E-state index contributed by atoms with van der Waals surface area (Å²) in [6.07, 6.45) is 2.55. The summed E-state index contributed by atoms with van der Waals surface area (Å²) >= 11 is 6.21. The lowest BCUT2D eigenvalue weighted by Crippen LogP contribution is -2.16. The van der Waals surface area contributed by atoms with E-state index in [1.807, 2.05) is 16.9 Å². The van der Waals surface area contributed by atoms with Crippen molar-refractivity contribution >= 4 is 22.6 Å². The summed E-state index contributed by atoms with van der Waals surface area (Å²) in [5, 5.41) is 17.8. The van der Waals surface area contributed by atoms with Gasteiger partial charge in [0.2, 0.25) is 0 Å². The first-order valence-corrected chi connectivity index (χ1v) is 6.85. The molecule has 104 valence electrons. The Morgan fingerprint density at radius 3 is 2.95 bits per heavy atom. The van der Waals surface area contributed by atoms with E-state index in [2.05, 4.69) is 29.2 Å². The quantitative estimate of drug-likeness (QED) is 0.629. The van der Waals surface area contributed by atoms with Crippen LogP contribution >= 0.6 is 11.6 Å². The molecule has 19 heavy (non-hydrogen) atoms. The van der Waals surface area contributed by atoms with E-state index in [1.165, 1.54) is 0 Å². The van der Waals surface area contributed by atoms with Gasteiger partial charge in [0.1, 0.15) is 5.15 Å². The monoisotopic (exact) mass is 282 g/mol. The highest BCUT2D eigenvalue weighted by Crippen LogP contribution is 2.22. The van der Waals surface area contributed by atoms with E-state index in [0.717, 1.165) is 29.6 Å².